The summed E-state index contributed by atoms with van der Waals surface area (Å²) < 4.78 is 0. The van der Waals surface area contributed by atoms with Gasteiger partial charge >= 0.3 is 0 Å². The molecule has 1 saturated carbocycles. The van der Waals surface area contributed by atoms with Gasteiger partial charge in [-0.25, -0.2) is 4.90 Å². The quantitative estimate of drug-likeness (QED) is 0.698. The molecule has 0 aromatic heterocycles. The Bertz CT molecular complexity index is 1000. The summed E-state index contributed by atoms with van der Waals surface area (Å²) >= 11 is 12.0. The average Bonchev–Trinajstić information content (AvgIpc) is 2.90. The highest BCUT2D eigenvalue weighted by Crippen LogP contribution is 2.57. The number of carbonyl (C=O) groups is 3. The number of halogens is 2. The first-order valence-corrected chi connectivity index (χ1v) is 9.19. The van der Waals surface area contributed by atoms with Crippen LogP contribution in [0.15, 0.2) is 42.5 Å². The van der Waals surface area contributed by atoms with Crippen LogP contribution < -0.4 is 4.90 Å². The summed E-state index contributed by atoms with van der Waals surface area (Å²) in [5, 5.41) is 0.636. The Morgan fingerprint density at radius 2 is 1.54 bits per heavy atom. The standard InChI is InChI=1S/C20H13Cl2NO3/c21-13-6-5-9(7-14(13)22)23-19(25)17-12-8-15(24)16(18(17)20(23)26)11-4-2-1-3-10(11)12/h1-7,12,16-18H,8H2/t12-,16-,17-,18-/m1/s1. The van der Waals surface area contributed by atoms with Crippen molar-refractivity contribution >= 4 is 46.5 Å². The van der Waals surface area contributed by atoms with Gasteiger partial charge in [0, 0.05) is 12.3 Å². The second-order valence-electron chi connectivity index (χ2n) is 7.05. The Kier molecular flexibility index (Phi) is 3.34. The number of ketones is 1. The lowest BCUT2D eigenvalue weighted by Gasteiger charge is -2.43. The van der Waals surface area contributed by atoms with E-state index in [0.717, 1.165) is 11.1 Å². The van der Waals surface area contributed by atoms with Gasteiger partial charge in [0.15, 0.2) is 0 Å². The predicted molar refractivity (Wildman–Crippen MR) is 97.5 cm³/mol. The molecule has 4 aliphatic rings. The van der Waals surface area contributed by atoms with Crippen molar-refractivity contribution in [1.29, 1.82) is 0 Å². The highest BCUT2D eigenvalue weighted by Gasteiger charge is 2.62. The molecule has 130 valence electrons. The van der Waals surface area contributed by atoms with E-state index in [2.05, 4.69) is 0 Å². The Morgan fingerprint density at radius 1 is 0.846 bits per heavy atom. The molecular weight excluding hydrogens is 373 g/mol. The molecular formula is C20H13Cl2NO3. The Labute approximate surface area is 159 Å². The van der Waals surface area contributed by atoms with Crippen molar-refractivity contribution in [1.82, 2.24) is 0 Å². The Morgan fingerprint density at radius 3 is 2.27 bits per heavy atom. The lowest BCUT2D eigenvalue weighted by Crippen LogP contribution is -2.44. The molecule has 6 heteroatoms. The van der Waals surface area contributed by atoms with E-state index in [1.54, 1.807) is 12.1 Å². The van der Waals surface area contributed by atoms with E-state index in [0.29, 0.717) is 17.1 Å². The van der Waals surface area contributed by atoms with Crippen LogP contribution >= 0.6 is 23.2 Å². The second kappa shape index (κ2) is 5.41. The molecule has 1 aliphatic heterocycles. The summed E-state index contributed by atoms with van der Waals surface area (Å²) in [6.07, 6.45) is 0.317. The third-order valence-corrected chi connectivity index (χ3v) is 6.59. The molecule has 0 spiro atoms. The van der Waals surface area contributed by atoms with E-state index >= 15 is 0 Å². The fourth-order valence-corrected chi connectivity index (χ4v) is 5.13. The lowest BCUT2D eigenvalue weighted by molar-refractivity contribution is -0.134. The summed E-state index contributed by atoms with van der Waals surface area (Å²) in [4.78, 5) is 40.2. The zero-order chi connectivity index (χ0) is 18.2. The number of hydrogen-bond acceptors (Lipinski definition) is 3. The number of fused-ring (bicyclic) bond motifs is 1. The van der Waals surface area contributed by atoms with Gasteiger partial charge in [-0.3, -0.25) is 14.4 Å². The van der Waals surface area contributed by atoms with Crippen LogP contribution in [0.4, 0.5) is 5.69 Å². The fourth-order valence-electron chi connectivity index (χ4n) is 4.84. The summed E-state index contributed by atoms with van der Waals surface area (Å²) in [5.74, 6) is -2.42. The first-order chi connectivity index (χ1) is 12.5. The topological polar surface area (TPSA) is 54.5 Å². The van der Waals surface area contributed by atoms with Crippen LogP contribution in [0.3, 0.4) is 0 Å². The van der Waals surface area contributed by atoms with E-state index in [9.17, 15) is 14.4 Å². The number of rotatable bonds is 1. The van der Waals surface area contributed by atoms with Crippen molar-refractivity contribution in [3.05, 3.63) is 63.6 Å². The van der Waals surface area contributed by atoms with Gasteiger partial charge in [-0.2, -0.15) is 0 Å². The van der Waals surface area contributed by atoms with Crippen LogP contribution in [-0.2, 0) is 14.4 Å². The molecule has 1 heterocycles. The third-order valence-electron chi connectivity index (χ3n) is 5.85. The van der Waals surface area contributed by atoms with Crippen molar-refractivity contribution in [2.75, 3.05) is 4.90 Å². The molecule has 0 N–H and O–H groups in total. The molecule has 2 aromatic rings. The zero-order valence-corrected chi connectivity index (χ0v) is 15.0. The number of anilines is 1. The predicted octanol–water partition coefficient (Wildman–Crippen LogP) is 3.95. The molecule has 3 aliphatic carbocycles. The maximum absolute atomic E-state index is 13.2. The summed E-state index contributed by atoms with van der Waals surface area (Å²) in [7, 11) is 0. The maximum Gasteiger partial charge on any atom is 0.238 e. The van der Waals surface area contributed by atoms with Crippen molar-refractivity contribution in [3.8, 4) is 0 Å². The van der Waals surface area contributed by atoms with Gasteiger partial charge in [0.1, 0.15) is 5.78 Å². The largest absolute Gasteiger partial charge is 0.299 e. The number of hydrogen-bond donors (Lipinski definition) is 0. The van der Waals surface area contributed by atoms with Crippen molar-refractivity contribution in [3.63, 3.8) is 0 Å². The summed E-state index contributed by atoms with van der Waals surface area (Å²) in [6, 6.07) is 12.4. The number of imide groups is 1. The molecule has 6 rings (SSSR count). The first-order valence-electron chi connectivity index (χ1n) is 8.43. The number of benzene rings is 2. The van der Waals surface area contributed by atoms with E-state index in [4.69, 9.17) is 23.2 Å². The Balaban J connectivity index is 1.65. The van der Waals surface area contributed by atoms with Gasteiger partial charge in [0.25, 0.3) is 0 Å². The van der Waals surface area contributed by atoms with Crippen LogP contribution in [0, 0.1) is 11.8 Å². The van der Waals surface area contributed by atoms with Gasteiger partial charge in [-0.15, -0.1) is 0 Å². The number of nitrogens with zero attached hydrogens (tertiary/aromatic N) is 1. The van der Waals surface area contributed by atoms with Crippen LogP contribution in [-0.4, -0.2) is 17.6 Å². The molecule has 26 heavy (non-hydrogen) atoms. The molecule has 4 atom stereocenters. The van der Waals surface area contributed by atoms with Crippen LogP contribution in [0.5, 0.6) is 0 Å². The SMILES string of the molecule is O=C1C[C@@H]2c3ccccc3[C@H]1[C@H]1C(=O)N(c3ccc(Cl)c(Cl)c3)C(=O)[C@@H]12. The van der Waals surface area contributed by atoms with E-state index < -0.39 is 17.8 Å². The normalized spacial score (nSPS) is 29.2. The van der Waals surface area contributed by atoms with E-state index in [1.165, 1.54) is 11.0 Å². The zero-order valence-electron chi connectivity index (χ0n) is 13.5. The minimum Gasteiger partial charge on any atom is -0.299 e. The molecule has 2 bridgehead atoms. The van der Waals surface area contributed by atoms with Crippen molar-refractivity contribution in [2.24, 2.45) is 11.8 Å². The van der Waals surface area contributed by atoms with Gasteiger partial charge < -0.3 is 0 Å². The average molecular weight is 386 g/mol. The second-order valence-corrected chi connectivity index (χ2v) is 7.86. The van der Waals surface area contributed by atoms with Crippen LogP contribution in [0.2, 0.25) is 10.0 Å². The molecule has 2 amide bonds. The minimum atomic E-state index is -0.627. The summed E-state index contributed by atoms with van der Waals surface area (Å²) in [5.41, 5.74) is 2.32. The number of amides is 2. The van der Waals surface area contributed by atoms with Gasteiger partial charge in [-0.1, -0.05) is 47.5 Å². The molecule has 1 saturated heterocycles. The van der Waals surface area contributed by atoms with E-state index in [1.807, 2.05) is 24.3 Å². The molecule has 0 radical (unpaired) electrons. The molecule has 0 unspecified atom stereocenters. The van der Waals surface area contributed by atoms with Crippen molar-refractivity contribution in [2.45, 2.75) is 18.3 Å². The van der Waals surface area contributed by atoms with Gasteiger partial charge in [-0.05, 0) is 29.3 Å². The molecule has 2 fully saturated rings. The third kappa shape index (κ3) is 1.94. The lowest BCUT2D eigenvalue weighted by atomic mass is 9.56. The Hall–Kier alpha value is -2.17. The van der Waals surface area contributed by atoms with Gasteiger partial charge in [0.2, 0.25) is 11.8 Å². The van der Waals surface area contributed by atoms with Crippen molar-refractivity contribution < 1.29 is 14.4 Å². The summed E-state index contributed by atoms with van der Waals surface area (Å²) in [6.45, 7) is 0. The number of Topliss-reactive ketones (excluding diaryl/α,β-unsaturated/α-hetero) is 1. The highest BCUT2D eigenvalue weighted by atomic mass is 35.5. The van der Waals surface area contributed by atoms with Gasteiger partial charge in [0.05, 0.1) is 33.5 Å². The van der Waals surface area contributed by atoms with E-state index in [-0.39, 0.29) is 28.5 Å². The smallest absolute Gasteiger partial charge is 0.238 e. The first kappa shape index (κ1) is 16.0. The minimum absolute atomic E-state index is 0.0482. The monoisotopic (exact) mass is 385 g/mol. The van der Waals surface area contributed by atoms with Crippen LogP contribution in [0.1, 0.15) is 29.4 Å². The number of carbonyl (C=O) groups excluding carboxylic acids is 3. The fraction of sp³-hybridized carbons (Fsp3) is 0.250. The highest BCUT2D eigenvalue weighted by molar-refractivity contribution is 6.42. The maximum atomic E-state index is 13.2. The van der Waals surface area contributed by atoms with Crippen LogP contribution in [0.25, 0.3) is 0 Å². The molecule has 2 aromatic carbocycles. The molecule has 4 nitrogen and oxygen atoms in total.